The Kier molecular flexibility index (Phi) is 6.41. The topological polar surface area (TPSA) is 37.9 Å². The molecule has 4 rings (SSSR count). The van der Waals surface area contributed by atoms with Gasteiger partial charge in [-0.25, -0.2) is 4.98 Å². The number of halogens is 2. The van der Waals surface area contributed by atoms with E-state index in [2.05, 4.69) is 53.3 Å². The van der Waals surface area contributed by atoms with E-state index in [1.54, 1.807) is 12.3 Å². The summed E-state index contributed by atoms with van der Waals surface area (Å²) < 4.78 is 5.83. The van der Waals surface area contributed by atoms with Crippen LogP contribution in [0.25, 0.3) is 34.2 Å². The predicted octanol–water partition coefficient (Wildman–Crippen LogP) is 7.89. The first-order valence-corrected chi connectivity index (χ1v) is 10.7. The molecule has 0 saturated heterocycles. The Bertz CT molecular complexity index is 1200. The molecule has 0 fully saturated rings. The standard InChI is InChI=1S/C25H22Cl2N2O/c1-2-3-13-30-20-9-11-21-17(5-4-6-18(21)14-20)7-12-25-28-16-24(29-25)22-10-8-19(26)15-23(22)27/h4-12,14-16H,2-3,13H2,1H3,(H,28,29). The van der Waals surface area contributed by atoms with Crippen molar-refractivity contribution in [2.45, 2.75) is 19.8 Å². The number of rotatable bonds is 7. The molecular formula is C25H22Cl2N2O. The van der Waals surface area contributed by atoms with Crippen molar-refractivity contribution in [3.63, 3.8) is 0 Å². The van der Waals surface area contributed by atoms with Crippen molar-refractivity contribution >= 4 is 46.1 Å². The third-order valence-electron chi connectivity index (χ3n) is 4.89. The fraction of sp³-hybridized carbons (Fsp3) is 0.160. The molecule has 0 saturated carbocycles. The zero-order valence-corrected chi connectivity index (χ0v) is 18.2. The molecular weight excluding hydrogens is 415 g/mol. The monoisotopic (exact) mass is 436 g/mol. The molecule has 1 heterocycles. The average Bonchev–Trinajstić information content (AvgIpc) is 3.21. The van der Waals surface area contributed by atoms with Crippen LogP contribution < -0.4 is 4.74 Å². The van der Waals surface area contributed by atoms with Crippen molar-refractivity contribution in [2.75, 3.05) is 6.61 Å². The number of aromatic amines is 1. The maximum absolute atomic E-state index is 6.30. The van der Waals surface area contributed by atoms with Crippen molar-refractivity contribution < 1.29 is 4.74 Å². The van der Waals surface area contributed by atoms with Gasteiger partial charge in [-0.1, -0.05) is 66.9 Å². The highest BCUT2D eigenvalue weighted by atomic mass is 35.5. The third-order valence-corrected chi connectivity index (χ3v) is 5.44. The molecule has 152 valence electrons. The van der Waals surface area contributed by atoms with Gasteiger partial charge in [0.15, 0.2) is 0 Å². The van der Waals surface area contributed by atoms with Gasteiger partial charge in [0.05, 0.1) is 23.5 Å². The van der Waals surface area contributed by atoms with Crippen molar-refractivity contribution in [1.82, 2.24) is 9.97 Å². The molecule has 0 atom stereocenters. The highest BCUT2D eigenvalue weighted by Crippen LogP contribution is 2.30. The van der Waals surface area contributed by atoms with E-state index < -0.39 is 0 Å². The first kappa shape index (κ1) is 20.5. The van der Waals surface area contributed by atoms with Crippen LogP contribution in [-0.2, 0) is 0 Å². The summed E-state index contributed by atoms with van der Waals surface area (Å²) in [6, 6.07) is 17.9. The van der Waals surface area contributed by atoms with Gasteiger partial charge in [-0.2, -0.15) is 0 Å². The lowest BCUT2D eigenvalue weighted by atomic mass is 10.0. The van der Waals surface area contributed by atoms with Crippen molar-refractivity contribution in [1.29, 1.82) is 0 Å². The van der Waals surface area contributed by atoms with Crippen LogP contribution >= 0.6 is 23.2 Å². The molecule has 5 heteroatoms. The minimum absolute atomic E-state index is 0.590. The Hall–Kier alpha value is -2.75. The zero-order chi connectivity index (χ0) is 20.9. The summed E-state index contributed by atoms with van der Waals surface area (Å²) in [5, 5.41) is 3.52. The quantitative estimate of drug-likeness (QED) is 0.299. The minimum Gasteiger partial charge on any atom is -0.494 e. The minimum atomic E-state index is 0.590. The number of fused-ring (bicyclic) bond motifs is 1. The summed E-state index contributed by atoms with van der Waals surface area (Å²) in [6.45, 7) is 2.91. The molecule has 0 aliphatic carbocycles. The van der Waals surface area contributed by atoms with Gasteiger partial charge in [-0.3, -0.25) is 0 Å². The molecule has 3 aromatic carbocycles. The van der Waals surface area contributed by atoms with Crippen LogP contribution in [0.4, 0.5) is 0 Å². The smallest absolute Gasteiger partial charge is 0.130 e. The van der Waals surface area contributed by atoms with Crippen LogP contribution in [0.1, 0.15) is 31.2 Å². The molecule has 0 radical (unpaired) electrons. The van der Waals surface area contributed by atoms with Gasteiger partial charge in [0.1, 0.15) is 11.6 Å². The molecule has 0 bridgehead atoms. The zero-order valence-electron chi connectivity index (χ0n) is 16.7. The Morgan fingerprint density at radius 3 is 2.77 bits per heavy atom. The van der Waals surface area contributed by atoms with E-state index in [0.717, 1.165) is 53.2 Å². The fourth-order valence-electron chi connectivity index (χ4n) is 3.29. The average molecular weight is 437 g/mol. The third kappa shape index (κ3) is 4.69. The highest BCUT2D eigenvalue weighted by molar-refractivity contribution is 6.36. The largest absolute Gasteiger partial charge is 0.494 e. The number of imidazole rings is 1. The first-order chi connectivity index (χ1) is 14.6. The number of ether oxygens (including phenoxy) is 1. The van der Waals surface area contributed by atoms with Crippen LogP contribution in [0, 0.1) is 0 Å². The van der Waals surface area contributed by atoms with Crippen molar-refractivity contribution in [2.24, 2.45) is 0 Å². The number of nitrogens with zero attached hydrogens (tertiary/aromatic N) is 1. The Morgan fingerprint density at radius 1 is 1.03 bits per heavy atom. The maximum atomic E-state index is 6.30. The molecule has 30 heavy (non-hydrogen) atoms. The maximum Gasteiger partial charge on any atom is 0.130 e. The Balaban J connectivity index is 1.56. The number of hydrogen-bond acceptors (Lipinski definition) is 2. The molecule has 4 aromatic rings. The van der Waals surface area contributed by atoms with Crippen LogP contribution in [0.3, 0.4) is 0 Å². The normalized spacial score (nSPS) is 11.4. The van der Waals surface area contributed by atoms with E-state index >= 15 is 0 Å². The molecule has 0 spiro atoms. The van der Waals surface area contributed by atoms with E-state index in [4.69, 9.17) is 27.9 Å². The predicted molar refractivity (Wildman–Crippen MR) is 127 cm³/mol. The molecule has 3 nitrogen and oxygen atoms in total. The lowest BCUT2D eigenvalue weighted by Crippen LogP contribution is -1.96. The van der Waals surface area contributed by atoms with Gasteiger partial charge in [-0.05, 0) is 59.2 Å². The second-order valence-corrected chi connectivity index (χ2v) is 7.92. The summed E-state index contributed by atoms with van der Waals surface area (Å²) in [5.74, 6) is 1.67. The van der Waals surface area contributed by atoms with Gasteiger partial charge in [0.2, 0.25) is 0 Å². The van der Waals surface area contributed by atoms with Crippen LogP contribution in [0.15, 0.2) is 60.8 Å². The number of benzene rings is 3. The van der Waals surface area contributed by atoms with Crippen molar-refractivity contribution in [3.8, 4) is 17.0 Å². The number of unbranched alkanes of at least 4 members (excludes halogenated alkanes) is 1. The van der Waals surface area contributed by atoms with Gasteiger partial charge >= 0.3 is 0 Å². The van der Waals surface area contributed by atoms with Crippen molar-refractivity contribution in [3.05, 3.63) is 82.2 Å². The highest BCUT2D eigenvalue weighted by Gasteiger charge is 2.07. The molecule has 0 amide bonds. The van der Waals surface area contributed by atoms with E-state index in [9.17, 15) is 0 Å². The number of H-pyrrole nitrogens is 1. The Morgan fingerprint density at radius 2 is 1.93 bits per heavy atom. The summed E-state index contributed by atoms with van der Waals surface area (Å²) in [7, 11) is 0. The lowest BCUT2D eigenvalue weighted by molar-refractivity contribution is 0.310. The second-order valence-electron chi connectivity index (χ2n) is 7.07. The number of hydrogen-bond donors (Lipinski definition) is 1. The SMILES string of the molecule is CCCCOc1ccc2c(C=Cc3ncc(-c4ccc(Cl)cc4Cl)[nH]3)cccc2c1. The van der Waals surface area contributed by atoms with Gasteiger partial charge < -0.3 is 9.72 Å². The molecule has 1 aromatic heterocycles. The van der Waals surface area contributed by atoms with Gasteiger partial charge in [-0.15, -0.1) is 0 Å². The molecule has 0 unspecified atom stereocenters. The van der Waals surface area contributed by atoms with Gasteiger partial charge in [0, 0.05) is 10.6 Å². The Labute approximate surface area is 186 Å². The summed E-state index contributed by atoms with van der Waals surface area (Å²) in [5.41, 5.74) is 2.84. The molecule has 1 N–H and O–H groups in total. The number of aromatic nitrogens is 2. The van der Waals surface area contributed by atoms with E-state index in [-0.39, 0.29) is 0 Å². The first-order valence-electron chi connectivity index (χ1n) is 9.98. The van der Waals surface area contributed by atoms with E-state index in [1.165, 1.54) is 5.39 Å². The molecule has 0 aliphatic heterocycles. The fourth-order valence-corrected chi connectivity index (χ4v) is 3.80. The lowest BCUT2D eigenvalue weighted by Gasteiger charge is -2.08. The van der Waals surface area contributed by atoms with Crippen LogP contribution in [0.2, 0.25) is 10.0 Å². The van der Waals surface area contributed by atoms with E-state index in [0.29, 0.717) is 10.0 Å². The molecule has 0 aliphatic rings. The second kappa shape index (κ2) is 9.38. The van der Waals surface area contributed by atoms with Crippen LogP contribution in [-0.4, -0.2) is 16.6 Å². The van der Waals surface area contributed by atoms with Gasteiger partial charge in [0.25, 0.3) is 0 Å². The van der Waals surface area contributed by atoms with Crippen LogP contribution in [0.5, 0.6) is 5.75 Å². The number of nitrogens with one attached hydrogen (secondary N) is 1. The summed E-state index contributed by atoms with van der Waals surface area (Å²) in [6.07, 6.45) is 7.99. The summed E-state index contributed by atoms with van der Waals surface area (Å²) >= 11 is 12.3. The van der Waals surface area contributed by atoms with E-state index in [1.807, 2.05) is 24.3 Å². The summed E-state index contributed by atoms with van der Waals surface area (Å²) in [4.78, 5) is 7.75.